The summed E-state index contributed by atoms with van der Waals surface area (Å²) in [6, 6.07) is -0.143. The maximum atomic E-state index is 12.4. The molecule has 1 aromatic heterocycles. The van der Waals surface area contributed by atoms with Crippen molar-refractivity contribution in [3.05, 3.63) is 17.4 Å². The third kappa shape index (κ3) is 3.44. The molecule has 2 saturated heterocycles. The number of carbonyl (C=O) groups excluding carboxylic acids is 2. The highest BCUT2D eigenvalue weighted by atomic mass is 35.5. The van der Waals surface area contributed by atoms with E-state index in [4.69, 9.17) is 16.3 Å². The van der Waals surface area contributed by atoms with Crippen molar-refractivity contribution in [2.24, 2.45) is 0 Å². The van der Waals surface area contributed by atoms with Gasteiger partial charge in [0.15, 0.2) is 0 Å². The molecular weight excluding hydrogens is 334 g/mol. The smallest absolute Gasteiger partial charge is 0.327 e. The third-order valence-corrected chi connectivity index (χ3v) is 4.59. The Hall–Kier alpha value is -1.93. The first-order valence-electron chi connectivity index (χ1n) is 7.92. The van der Waals surface area contributed by atoms with E-state index in [0.717, 1.165) is 25.9 Å². The molecule has 8 nitrogen and oxygen atoms in total. The summed E-state index contributed by atoms with van der Waals surface area (Å²) < 4.78 is 4.96. The number of carbonyl (C=O) groups is 2. The second-order valence-electron chi connectivity index (χ2n) is 5.87. The molecule has 24 heavy (non-hydrogen) atoms. The van der Waals surface area contributed by atoms with Gasteiger partial charge in [0.2, 0.25) is 11.9 Å². The maximum Gasteiger partial charge on any atom is 0.327 e. The van der Waals surface area contributed by atoms with Crippen molar-refractivity contribution in [2.45, 2.75) is 18.9 Å². The number of anilines is 1. The van der Waals surface area contributed by atoms with Gasteiger partial charge in [-0.05, 0) is 12.8 Å². The van der Waals surface area contributed by atoms with Gasteiger partial charge in [0.25, 0.3) is 0 Å². The van der Waals surface area contributed by atoms with E-state index in [2.05, 4.69) is 14.9 Å². The van der Waals surface area contributed by atoms with E-state index in [9.17, 15) is 9.59 Å². The summed E-state index contributed by atoms with van der Waals surface area (Å²) in [7, 11) is 1.55. The Bertz CT molecular complexity index is 604. The zero-order chi connectivity index (χ0) is 17.1. The number of imide groups is 1. The summed E-state index contributed by atoms with van der Waals surface area (Å²) in [6.07, 6.45) is 4.71. The van der Waals surface area contributed by atoms with E-state index in [1.165, 1.54) is 4.90 Å². The maximum absolute atomic E-state index is 12.4. The molecule has 3 rings (SSSR count). The fraction of sp³-hybridized carbons (Fsp3) is 0.600. The van der Waals surface area contributed by atoms with Gasteiger partial charge in [-0.3, -0.25) is 9.69 Å². The number of aromatic nitrogens is 2. The van der Waals surface area contributed by atoms with Crippen molar-refractivity contribution in [1.29, 1.82) is 0 Å². The summed E-state index contributed by atoms with van der Waals surface area (Å²) in [5, 5.41) is 0.506. The third-order valence-electron chi connectivity index (χ3n) is 4.40. The minimum atomic E-state index is -0.210. The van der Waals surface area contributed by atoms with Gasteiger partial charge in [-0.25, -0.2) is 14.8 Å². The van der Waals surface area contributed by atoms with Crippen LogP contribution in [0.4, 0.5) is 10.7 Å². The lowest BCUT2D eigenvalue weighted by atomic mass is 10.0. The summed E-state index contributed by atoms with van der Waals surface area (Å²) >= 11 is 5.81. The lowest BCUT2D eigenvalue weighted by molar-refractivity contribution is -0.125. The van der Waals surface area contributed by atoms with Gasteiger partial charge in [-0.1, -0.05) is 11.6 Å². The molecule has 0 saturated carbocycles. The first-order chi connectivity index (χ1) is 11.6. The molecule has 2 aliphatic heterocycles. The molecule has 3 amide bonds. The van der Waals surface area contributed by atoms with Gasteiger partial charge < -0.3 is 14.5 Å². The Morgan fingerprint density at radius 2 is 1.92 bits per heavy atom. The number of methoxy groups -OCH3 is 1. The molecule has 0 aromatic carbocycles. The van der Waals surface area contributed by atoms with Gasteiger partial charge >= 0.3 is 6.03 Å². The number of piperidine rings is 1. The molecule has 0 unspecified atom stereocenters. The van der Waals surface area contributed by atoms with Crippen molar-refractivity contribution in [3.8, 4) is 0 Å². The van der Waals surface area contributed by atoms with Crippen LogP contribution in [0.25, 0.3) is 0 Å². The van der Waals surface area contributed by atoms with E-state index >= 15 is 0 Å². The number of halogens is 1. The van der Waals surface area contributed by atoms with Crippen LogP contribution >= 0.6 is 11.6 Å². The van der Waals surface area contributed by atoms with Gasteiger partial charge in [-0.2, -0.15) is 0 Å². The molecule has 2 aliphatic rings. The highest BCUT2D eigenvalue weighted by molar-refractivity contribution is 6.30. The first-order valence-corrected chi connectivity index (χ1v) is 8.30. The molecule has 3 heterocycles. The number of amides is 3. The van der Waals surface area contributed by atoms with Gasteiger partial charge in [0, 0.05) is 26.2 Å². The van der Waals surface area contributed by atoms with Crippen LogP contribution in [0.1, 0.15) is 12.8 Å². The van der Waals surface area contributed by atoms with Crippen LogP contribution in [-0.4, -0.2) is 77.6 Å². The van der Waals surface area contributed by atoms with Crippen molar-refractivity contribution in [3.63, 3.8) is 0 Å². The lowest BCUT2D eigenvalue weighted by Crippen LogP contribution is -2.47. The Morgan fingerprint density at radius 3 is 2.54 bits per heavy atom. The van der Waals surface area contributed by atoms with Gasteiger partial charge in [0.1, 0.15) is 6.54 Å². The molecule has 0 N–H and O–H groups in total. The van der Waals surface area contributed by atoms with E-state index in [-0.39, 0.29) is 24.5 Å². The number of hydrogen-bond acceptors (Lipinski definition) is 6. The largest absolute Gasteiger partial charge is 0.383 e. The number of nitrogens with zero attached hydrogens (tertiary/aromatic N) is 5. The average molecular weight is 354 g/mol. The minimum Gasteiger partial charge on any atom is -0.383 e. The second-order valence-corrected chi connectivity index (χ2v) is 6.30. The SMILES string of the molecule is COCCN1C(=O)CN(C2CCN(c3ncc(Cl)cn3)CC2)C1=O. The Morgan fingerprint density at radius 1 is 1.25 bits per heavy atom. The van der Waals surface area contributed by atoms with Crippen LogP contribution in [0, 0.1) is 0 Å². The fourth-order valence-electron chi connectivity index (χ4n) is 3.09. The molecule has 0 spiro atoms. The second kappa shape index (κ2) is 7.31. The minimum absolute atomic E-state index is 0.0672. The molecule has 130 valence electrons. The highest BCUT2D eigenvalue weighted by Crippen LogP contribution is 2.24. The molecular formula is C15H20ClN5O3. The molecule has 9 heteroatoms. The molecule has 2 fully saturated rings. The highest BCUT2D eigenvalue weighted by Gasteiger charge is 2.40. The van der Waals surface area contributed by atoms with Gasteiger partial charge in [-0.15, -0.1) is 0 Å². The van der Waals surface area contributed by atoms with E-state index in [1.54, 1.807) is 24.4 Å². The summed E-state index contributed by atoms with van der Waals surface area (Å²) in [5.41, 5.74) is 0. The van der Waals surface area contributed by atoms with Crippen LogP contribution in [0.3, 0.4) is 0 Å². The Balaban J connectivity index is 1.57. The number of rotatable bonds is 5. The molecule has 0 radical (unpaired) electrons. The fourth-order valence-corrected chi connectivity index (χ4v) is 3.19. The van der Waals surface area contributed by atoms with E-state index < -0.39 is 0 Å². The predicted octanol–water partition coefficient (Wildman–Crippen LogP) is 1.01. The van der Waals surface area contributed by atoms with Crippen LogP contribution in [-0.2, 0) is 9.53 Å². The van der Waals surface area contributed by atoms with Crippen LogP contribution in [0.5, 0.6) is 0 Å². The van der Waals surface area contributed by atoms with Crippen molar-refractivity contribution in [2.75, 3.05) is 44.8 Å². The zero-order valence-corrected chi connectivity index (χ0v) is 14.3. The number of urea groups is 1. The normalized spacial score (nSPS) is 19.5. The van der Waals surface area contributed by atoms with Crippen LogP contribution < -0.4 is 4.90 Å². The Labute approximate surface area is 145 Å². The van der Waals surface area contributed by atoms with Crippen molar-refractivity contribution < 1.29 is 14.3 Å². The van der Waals surface area contributed by atoms with E-state index in [1.807, 2.05) is 0 Å². The monoisotopic (exact) mass is 353 g/mol. The predicted molar refractivity (Wildman–Crippen MR) is 88.0 cm³/mol. The lowest BCUT2D eigenvalue weighted by Gasteiger charge is -2.36. The Kier molecular flexibility index (Phi) is 5.15. The quantitative estimate of drug-likeness (QED) is 0.735. The summed E-state index contributed by atoms with van der Waals surface area (Å²) in [5.74, 6) is 0.490. The summed E-state index contributed by atoms with van der Waals surface area (Å²) in [4.78, 5) is 37.9. The van der Waals surface area contributed by atoms with Crippen LogP contribution in [0.2, 0.25) is 5.02 Å². The first kappa shape index (κ1) is 16.9. The molecule has 1 aromatic rings. The van der Waals surface area contributed by atoms with Crippen molar-refractivity contribution in [1.82, 2.24) is 19.8 Å². The standard InChI is InChI=1S/C15H20ClN5O3/c1-24-7-6-20-13(22)10-21(15(20)23)12-2-4-19(5-3-12)14-17-8-11(16)9-18-14/h8-9,12H,2-7,10H2,1H3. The van der Waals surface area contributed by atoms with Gasteiger partial charge in [0.05, 0.1) is 30.6 Å². The molecule has 0 aliphatic carbocycles. The summed E-state index contributed by atoms with van der Waals surface area (Å²) in [6.45, 7) is 2.30. The number of hydrogen-bond donors (Lipinski definition) is 0. The molecule has 0 atom stereocenters. The zero-order valence-electron chi connectivity index (χ0n) is 13.5. The van der Waals surface area contributed by atoms with Crippen molar-refractivity contribution >= 4 is 29.5 Å². The van der Waals surface area contributed by atoms with E-state index in [0.29, 0.717) is 24.1 Å². The average Bonchev–Trinajstić information content (AvgIpc) is 2.88. The number of ether oxygens (including phenoxy) is 1. The van der Waals surface area contributed by atoms with Crippen LogP contribution in [0.15, 0.2) is 12.4 Å². The topological polar surface area (TPSA) is 78.9 Å². The molecule has 0 bridgehead atoms.